The first-order chi connectivity index (χ1) is 13.3. The van der Waals surface area contributed by atoms with Crippen LogP contribution in [0.2, 0.25) is 0 Å². The summed E-state index contributed by atoms with van der Waals surface area (Å²) in [4.78, 5) is 15.5. The first kappa shape index (κ1) is 20.3. The Hall–Kier alpha value is -2.41. The maximum absolute atomic E-state index is 13.9. The number of benzene rings is 2. The topological polar surface area (TPSA) is 23.6 Å². The monoisotopic (exact) mass is 394 g/mol. The van der Waals surface area contributed by atoms with E-state index in [1.165, 1.54) is 18.2 Å². The number of carbonyl (C=O) groups is 1. The molecule has 1 aliphatic rings. The van der Waals surface area contributed by atoms with Crippen LogP contribution in [0.3, 0.4) is 0 Å². The summed E-state index contributed by atoms with van der Waals surface area (Å²) >= 11 is 0. The quantitative estimate of drug-likeness (QED) is 0.680. The molecule has 2 aromatic rings. The largest absolute Gasteiger partial charge is 0.406 e. The van der Waals surface area contributed by atoms with Crippen molar-refractivity contribution in [2.45, 2.75) is 19.1 Å². The number of rotatable bonds is 6. The van der Waals surface area contributed by atoms with Crippen molar-refractivity contribution >= 4 is 5.91 Å². The number of carbonyl (C=O) groups excluding carboxylic acids is 1. The summed E-state index contributed by atoms with van der Waals surface area (Å²) in [7, 11) is 0. The summed E-state index contributed by atoms with van der Waals surface area (Å²) < 4.78 is 53.0. The number of nitrogens with zero attached hydrogens (tertiary/aromatic N) is 2. The zero-order valence-electron chi connectivity index (χ0n) is 15.3. The van der Waals surface area contributed by atoms with Crippen LogP contribution in [0.1, 0.15) is 22.3 Å². The molecule has 0 aromatic heterocycles. The van der Waals surface area contributed by atoms with Gasteiger partial charge < -0.3 is 4.90 Å². The molecule has 1 heterocycles. The normalized spacial score (nSPS) is 17.6. The predicted octanol–water partition coefficient (Wildman–Crippen LogP) is 4.35. The van der Waals surface area contributed by atoms with Gasteiger partial charge >= 0.3 is 6.18 Å². The molecule has 3 rings (SSSR count). The van der Waals surface area contributed by atoms with Crippen molar-refractivity contribution in [2.24, 2.45) is 5.92 Å². The fraction of sp³-hybridized carbons (Fsp3) is 0.381. The number of likely N-dealkylation sites (tertiary alicyclic amines) is 1. The van der Waals surface area contributed by atoms with E-state index < -0.39 is 24.4 Å². The van der Waals surface area contributed by atoms with E-state index in [9.17, 15) is 22.4 Å². The van der Waals surface area contributed by atoms with Gasteiger partial charge in [0.25, 0.3) is 5.91 Å². The maximum atomic E-state index is 13.9. The molecule has 0 N–H and O–H groups in total. The molecule has 0 spiro atoms. The summed E-state index contributed by atoms with van der Waals surface area (Å²) in [6, 6.07) is 15.0. The summed E-state index contributed by atoms with van der Waals surface area (Å²) in [5, 5.41) is 0. The van der Waals surface area contributed by atoms with Crippen LogP contribution in [0.25, 0.3) is 0 Å². The van der Waals surface area contributed by atoms with Gasteiger partial charge in [-0.25, -0.2) is 4.39 Å². The van der Waals surface area contributed by atoms with E-state index in [0.717, 1.165) is 29.6 Å². The van der Waals surface area contributed by atoms with Crippen LogP contribution < -0.4 is 0 Å². The van der Waals surface area contributed by atoms with Crippen molar-refractivity contribution in [3.8, 4) is 0 Å². The van der Waals surface area contributed by atoms with Gasteiger partial charge in [-0.2, -0.15) is 13.2 Å². The van der Waals surface area contributed by atoms with E-state index in [1.807, 2.05) is 30.3 Å². The Bertz CT molecular complexity index is 794. The Morgan fingerprint density at radius 1 is 1.07 bits per heavy atom. The van der Waals surface area contributed by atoms with Gasteiger partial charge in [0, 0.05) is 19.6 Å². The second-order valence-corrected chi connectivity index (χ2v) is 7.16. The Morgan fingerprint density at radius 2 is 1.75 bits per heavy atom. The third-order valence-electron chi connectivity index (χ3n) is 4.86. The first-order valence-corrected chi connectivity index (χ1v) is 9.18. The SMILES string of the molecule is O=C(c1ccccc1F)N(C[C@@H]1CCN(Cc2ccccc2)C1)CC(F)(F)F. The van der Waals surface area contributed by atoms with Gasteiger partial charge in [0.15, 0.2) is 0 Å². The lowest BCUT2D eigenvalue weighted by Crippen LogP contribution is -2.42. The van der Waals surface area contributed by atoms with Gasteiger partial charge in [-0.05, 0) is 36.6 Å². The van der Waals surface area contributed by atoms with Crippen LogP contribution >= 0.6 is 0 Å². The van der Waals surface area contributed by atoms with E-state index in [-0.39, 0.29) is 18.0 Å². The van der Waals surface area contributed by atoms with Crippen LogP contribution in [0.5, 0.6) is 0 Å². The van der Waals surface area contributed by atoms with Gasteiger partial charge in [-0.1, -0.05) is 42.5 Å². The molecule has 7 heteroatoms. The van der Waals surface area contributed by atoms with E-state index in [1.54, 1.807) is 0 Å². The molecule has 28 heavy (non-hydrogen) atoms. The molecule has 1 atom stereocenters. The number of hydrogen-bond acceptors (Lipinski definition) is 2. The van der Waals surface area contributed by atoms with Crippen molar-refractivity contribution in [3.63, 3.8) is 0 Å². The standard InChI is InChI=1S/C21H22F4N2O/c22-19-9-5-4-8-18(19)20(28)27(15-21(23,24)25)14-17-10-11-26(13-17)12-16-6-2-1-3-7-16/h1-9,17H,10-15H2/t17-/m1/s1. The van der Waals surface area contributed by atoms with Crippen LogP contribution in [0, 0.1) is 11.7 Å². The smallest absolute Gasteiger partial charge is 0.329 e. The van der Waals surface area contributed by atoms with Gasteiger partial charge in [-0.3, -0.25) is 9.69 Å². The van der Waals surface area contributed by atoms with Crippen LogP contribution in [0.15, 0.2) is 54.6 Å². The lowest BCUT2D eigenvalue weighted by atomic mass is 10.1. The van der Waals surface area contributed by atoms with Crippen molar-refractivity contribution in [1.82, 2.24) is 9.80 Å². The molecule has 0 radical (unpaired) electrons. The summed E-state index contributed by atoms with van der Waals surface area (Å²) in [5.74, 6) is -1.81. The highest BCUT2D eigenvalue weighted by Crippen LogP contribution is 2.24. The number of alkyl halides is 3. The van der Waals surface area contributed by atoms with Crippen molar-refractivity contribution in [3.05, 3.63) is 71.5 Å². The number of amides is 1. The average Bonchev–Trinajstić information content (AvgIpc) is 3.07. The van der Waals surface area contributed by atoms with Gasteiger partial charge in [0.2, 0.25) is 0 Å². The van der Waals surface area contributed by atoms with E-state index in [4.69, 9.17) is 0 Å². The lowest BCUT2D eigenvalue weighted by Gasteiger charge is -2.27. The van der Waals surface area contributed by atoms with E-state index in [0.29, 0.717) is 13.0 Å². The molecule has 1 aliphatic heterocycles. The predicted molar refractivity (Wildman–Crippen MR) is 98.2 cm³/mol. The fourth-order valence-electron chi connectivity index (χ4n) is 3.60. The van der Waals surface area contributed by atoms with Crippen LogP contribution in [-0.4, -0.2) is 48.1 Å². The summed E-state index contributed by atoms with van der Waals surface area (Å²) in [6.07, 6.45) is -3.84. The third-order valence-corrected chi connectivity index (χ3v) is 4.86. The van der Waals surface area contributed by atoms with E-state index in [2.05, 4.69) is 4.90 Å². The highest BCUT2D eigenvalue weighted by atomic mass is 19.4. The lowest BCUT2D eigenvalue weighted by molar-refractivity contribution is -0.141. The molecule has 0 saturated carbocycles. The molecule has 150 valence electrons. The molecule has 0 bridgehead atoms. The summed E-state index contributed by atoms with van der Waals surface area (Å²) in [5.41, 5.74) is 0.809. The average molecular weight is 394 g/mol. The molecule has 1 amide bonds. The minimum atomic E-state index is -4.54. The van der Waals surface area contributed by atoms with Crippen molar-refractivity contribution in [2.75, 3.05) is 26.2 Å². The maximum Gasteiger partial charge on any atom is 0.406 e. The third kappa shape index (κ3) is 5.55. The van der Waals surface area contributed by atoms with Gasteiger partial charge in [0.1, 0.15) is 12.4 Å². The van der Waals surface area contributed by atoms with Crippen LogP contribution in [-0.2, 0) is 6.54 Å². The van der Waals surface area contributed by atoms with Crippen LogP contribution in [0.4, 0.5) is 17.6 Å². The Balaban J connectivity index is 1.66. The minimum Gasteiger partial charge on any atom is -0.329 e. The minimum absolute atomic E-state index is 0.0437. The second kappa shape index (κ2) is 8.73. The molecular weight excluding hydrogens is 372 g/mol. The zero-order valence-corrected chi connectivity index (χ0v) is 15.3. The van der Waals surface area contributed by atoms with Gasteiger partial charge in [0.05, 0.1) is 5.56 Å². The molecule has 3 nitrogen and oxygen atoms in total. The molecular formula is C21H22F4N2O. The van der Waals surface area contributed by atoms with Crippen molar-refractivity contribution in [1.29, 1.82) is 0 Å². The summed E-state index contributed by atoms with van der Waals surface area (Å²) in [6.45, 7) is 0.659. The highest BCUT2D eigenvalue weighted by molar-refractivity contribution is 5.94. The fourth-order valence-corrected chi connectivity index (χ4v) is 3.60. The van der Waals surface area contributed by atoms with E-state index >= 15 is 0 Å². The molecule has 0 unspecified atom stereocenters. The highest BCUT2D eigenvalue weighted by Gasteiger charge is 2.36. The van der Waals surface area contributed by atoms with Gasteiger partial charge in [-0.15, -0.1) is 0 Å². The number of halogens is 4. The Kier molecular flexibility index (Phi) is 6.34. The van der Waals surface area contributed by atoms with Crippen molar-refractivity contribution < 1.29 is 22.4 Å². The second-order valence-electron chi connectivity index (χ2n) is 7.16. The Morgan fingerprint density at radius 3 is 2.43 bits per heavy atom. The first-order valence-electron chi connectivity index (χ1n) is 9.18. The molecule has 1 fully saturated rings. The Labute approximate surface area is 161 Å². The number of hydrogen-bond donors (Lipinski definition) is 0. The molecule has 2 aromatic carbocycles. The molecule has 0 aliphatic carbocycles. The molecule has 1 saturated heterocycles. The zero-order chi connectivity index (χ0) is 20.1.